The lowest BCUT2D eigenvalue weighted by Crippen LogP contribution is -2.40. The van der Waals surface area contributed by atoms with Crippen molar-refractivity contribution < 1.29 is 4.79 Å². The van der Waals surface area contributed by atoms with E-state index in [0.29, 0.717) is 19.1 Å². The van der Waals surface area contributed by atoms with Crippen LogP contribution in [0.3, 0.4) is 0 Å². The van der Waals surface area contributed by atoms with Crippen molar-refractivity contribution in [2.45, 2.75) is 39.2 Å². The molecule has 0 spiro atoms. The van der Waals surface area contributed by atoms with E-state index in [1.54, 1.807) is 4.90 Å². The van der Waals surface area contributed by atoms with Crippen LogP contribution in [0, 0.1) is 0 Å². The number of nitrogens with zero attached hydrogens (tertiary/aromatic N) is 2. The quantitative estimate of drug-likeness (QED) is 0.673. The average Bonchev–Trinajstić information content (AvgIpc) is 2.25. The van der Waals surface area contributed by atoms with Gasteiger partial charge in [0.2, 0.25) is 5.91 Å². The fourth-order valence-corrected chi connectivity index (χ4v) is 1.58. The summed E-state index contributed by atoms with van der Waals surface area (Å²) in [4.78, 5) is 15.7. The second-order valence-corrected chi connectivity index (χ2v) is 4.51. The van der Waals surface area contributed by atoms with Gasteiger partial charge in [0, 0.05) is 19.6 Å². The molecule has 0 bridgehead atoms. The fourth-order valence-electron chi connectivity index (χ4n) is 1.58. The highest BCUT2D eigenvalue weighted by molar-refractivity contribution is 5.77. The molecule has 0 heterocycles. The Morgan fingerprint density at radius 2 is 2.00 bits per heavy atom. The van der Waals surface area contributed by atoms with Gasteiger partial charge in [-0.1, -0.05) is 13.3 Å². The monoisotopic (exact) mass is 229 g/mol. The molecule has 0 aromatic carbocycles. The zero-order valence-corrected chi connectivity index (χ0v) is 11.2. The van der Waals surface area contributed by atoms with Gasteiger partial charge < -0.3 is 10.6 Å². The molecule has 0 aliphatic heterocycles. The van der Waals surface area contributed by atoms with Gasteiger partial charge in [-0.05, 0) is 33.4 Å². The van der Waals surface area contributed by atoms with Crippen molar-refractivity contribution in [3.63, 3.8) is 0 Å². The molecule has 1 amide bonds. The lowest BCUT2D eigenvalue weighted by atomic mass is 10.2. The molecule has 0 fully saturated rings. The average molecular weight is 229 g/mol. The first-order chi connectivity index (χ1) is 7.52. The lowest BCUT2D eigenvalue weighted by molar-refractivity contribution is -0.131. The third-order valence-electron chi connectivity index (χ3n) is 2.97. The lowest BCUT2D eigenvalue weighted by Gasteiger charge is -2.26. The van der Waals surface area contributed by atoms with Gasteiger partial charge in [0.05, 0.1) is 6.54 Å². The van der Waals surface area contributed by atoms with Crippen LogP contribution in [0.2, 0.25) is 0 Å². The van der Waals surface area contributed by atoms with Crippen LogP contribution in [0.4, 0.5) is 0 Å². The highest BCUT2D eigenvalue weighted by atomic mass is 16.2. The molecule has 16 heavy (non-hydrogen) atoms. The van der Waals surface area contributed by atoms with Crippen LogP contribution >= 0.6 is 0 Å². The molecule has 0 saturated carbocycles. The molecule has 1 atom stereocenters. The van der Waals surface area contributed by atoms with E-state index >= 15 is 0 Å². The summed E-state index contributed by atoms with van der Waals surface area (Å²) >= 11 is 0. The first kappa shape index (κ1) is 15.4. The number of likely N-dealkylation sites (N-methyl/N-ethyl adjacent to an activating group) is 2. The molecule has 4 heteroatoms. The smallest absolute Gasteiger partial charge is 0.236 e. The molecular formula is C12H27N3O. The summed E-state index contributed by atoms with van der Waals surface area (Å²) in [7, 11) is 3.85. The van der Waals surface area contributed by atoms with Gasteiger partial charge in [-0.15, -0.1) is 0 Å². The van der Waals surface area contributed by atoms with Gasteiger partial charge in [0.25, 0.3) is 0 Å². The Morgan fingerprint density at radius 1 is 1.38 bits per heavy atom. The molecule has 96 valence electrons. The third-order valence-corrected chi connectivity index (χ3v) is 2.97. The van der Waals surface area contributed by atoms with Crippen molar-refractivity contribution in [1.82, 2.24) is 9.80 Å². The van der Waals surface area contributed by atoms with Crippen LogP contribution in [0.15, 0.2) is 0 Å². The Kier molecular flexibility index (Phi) is 8.21. The van der Waals surface area contributed by atoms with Gasteiger partial charge in [0.15, 0.2) is 0 Å². The molecule has 0 saturated heterocycles. The molecule has 2 N–H and O–H groups in total. The van der Waals surface area contributed by atoms with E-state index in [2.05, 4.69) is 18.7 Å². The van der Waals surface area contributed by atoms with Crippen molar-refractivity contribution in [3.05, 3.63) is 0 Å². The van der Waals surface area contributed by atoms with Crippen LogP contribution in [0.1, 0.15) is 33.1 Å². The standard InChI is InChI=1S/C12H27N3O/c1-5-7-11(2)15(4)10-12(16)14(3)9-6-8-13/h11H,5-10,13H2,1-4H3. The summed E-state index contributed by atoms with van der Waals surface area (Å²) in [5.41, 5.74) is 5.42. The summed E-state index contributed by atoms with van der Waals surface area (Å²) in [6.07, 6.45) is 3.16. The first-order valence-electron chi connectivity index (χ1n) is 6.17. The van der Waals surface area contributed by atoms with Crippen LogP contribution in [-0.2, 0) is 4.79 Å². The Hall–Kier alpha value is -0.610. The molecule has 0 aromatic rings. The van der Waals surface area contributed by atoms with E-state index in [-0.39, 0.29) is 5.91 Å². The van der Waals surface area contributed by atoms with E-state index in [4.69, 9.17) is 5.73 Å². The highest BCUT2D eigenvalue weighted by Gasteiger charge is 2.14. The fraction of sp³-hybridized carbons (Fsp3) is 0.917. The van der Waals surface area contributed by atoms with Gasteiger partial charge in [-0.25, -0.2) is 0 Å². The number of amides is 1. The summed E-state index contributed by atoms with van der Waals surface area (Å²) in [5, 5.41) is 0. The summed E-state index contributed by atoms with van der Waals surface area (Å²) in [5.74, 6) is 0.180. The molecule has 0 rings (SSSR count). The molecule has 0 aliphatic rings. The molecule has 0 radical (unpaired) electrons. The Bertz CT molecular complexity index is 197. The van der Waals surface area contributed by atoms with E-state index in [1.807, 2.05) is 14.1 Å². The third kappa shape index (κ3) is 6.08. The van der Waals surface area contributed by atoms with E-state index in [0.717, 1.165) is 25.8 Å². The largest absolute Gasteiger partial charge is 0.345 e. The van der Waals surface area contributed by atoms with E-state index in [1.165, 1.54) is 0 Å². The second-order valence-electron chi connectivity index (χ2n) is 4.51. The molecule has 0 aromatic heterocycles. The minimum atomic E-state index is 0.180. The summed E-state index contributed by atoms with van der Waals surface area (Å²) in [6, 6.07) is 0.469. The SMILES string of the molecule is CCCC(C)N(C)CC(=O)N(C)CCCN. The van der Waals surface area contributed by atoms with Crippen LogP contribution in [0.25, 0.3) is 0 Å². The number of nitrogens with two attached hydrogens (primary N) is 1. The zero-order valence-electron chi connectivity index (χ0n) is 11.2. The molecule has 1 unspecified atom stereocenters. The normalized spacial score (nSPS) is 12.9. The Balaban J connectivity index is 3.92. The van der Waals surface area contributed by atoms with Gasteiger partial charge >= 0.3 is 0 Å². The van der Waals surface area contributed by atoms with E-state index < -0.39 is 0 Å². The highest BCUT2D eigenvalue weighted by Crippen LogP contribution is 2.04. The summed E-state index contributed by atoms with van der Waals surface area (Å²) in [6.45, 7) is 6.23. The van der Waals surface area contributed by atoms with Gasteiger partial charge in [-0.3, -0.25) is 9.69 Å². The van der Waals surface area contributed by atoms with Gasteiger partial charge in [0.1, 0.15) is 0 Å². The van der Waals surface area contributed by atoms with Crippen molar-refractivity contribution in [1.29, 1.82) is 0 Å². The predicted octanol–water partition coefficient (Wildman–Crippen LogP) is 0.914. The van der Waals surface area contributed by atoms with Crippen molar-refractivity contribution in [2.24, 2.45) is 5.73 Å². The van der Waals surface area contributed by atoms with Crippen LogP contribution in [0.5, 0.6) is 0 Å². The second kappa shape index (κ2) is 8.53. The minimum absolute atomic E-state index is 0.180. The van der Waals surface area contributed by atoms with Gasteiger partial charge in [-0.2, -0.15) is 0 Å². The van der Waals surface area contributed by atoms with Crippen LogP contribution < -0.4 is 5.73 Å². The molecule has 4 nitrogen and oxygen atoms in total. The van der Waals surface area contributed by atoms with Crippen molar-refractivity contribution in [3.8, 4) is 0 Å². The molecular weight excluding hydrogens is 202 g/mol. The van der Waals surface area contributed by atoms with Crippen LogP contribution in [-0.4, -0.2) is 55.5 Å². The van der Waals surface area contributed by atoms with Crippen molar-refractivity contribution >= 4 is 5.91 Å². The number of hydrogen-bond donors (Lipinski definition) is 1. The molecule has 0 aliphatic carbocycles. The topological polar surface area (TPSA) is 49.6 Å². The van der Waals surface area contributed by atoms with Crippen molar-refractivity contribution in [2.75, 3.05) is 33.7 Å². The maximum Gasteiger partial charge on any atom is 0.236 e. The Labute approximate surface area is 99.8 Å². The maximum atomic E-state index is 11.8. The number of rotatable bonds is 8. The maximum absolute atomic E-state index is 11.8. The predicted molar refractivity (Wildman–Crippen MR) is 68.3 cm³/mol. The number of carbonyl (C=O) groups excluding carboxylic acids is 1. The minimum Gasteiger partial charge on any atom is -0.345 e. The van der Waals surface area contributed by atoms with E-state index in [9.17, 15) is 4.79 Å². The first-order valence-corrected chi connectivity index (χ1v) is 6.17. The number of carbonyl (C=O) groups is 1. The number of hydrogen-bond acceptors (Lipinski definition) is 3. The Morgan fingerprint density at radius 3 is 2.50 bits per heavy atom. The summed E-state index contributed by atoms with van der Waals surface area (Å²) < 4.78 is 0. The zero-order chi connectivity index (χ0) is 12.6.